The zero-order valence-corrected chi connectivity index (χ0v) is 17.9. The molecular weight excluding hydrogens is 432 g/mol. The maximum atomic E-state index is 12.2. The van der Waals surface area contributed by atoms with Crippen molar-refractivity contribution in [2.24, 2.45) is 0 Å². The minimum Gasteiger partial charge on any atom is -0.505 e. The molecule has 0 saturated heterocycles. The quantitative estimate of drug-likeness (QED) is 0.404. The number of aliphatic hydroxyl groups excluding tert-OH is 2. The summed E-state index contributed by atoms with van der Waals surface area (Å²) in [6, 6.07) is 18.8. The summed E-state index contributed by atoms with van der Waals surface area (Å²) in [4.78, 5) is 16.0. The Morgan fingerprint density at radius 3 is 2.28 bits per heavy atom. The number of carbonyl (C=O) groups excluding carboxylic acids is 1. The summed E-state index contributed by atoms with van der Waals surface area (Å²) in [5.74, 6) is -0.250. The number of benzene rings is 2. The molecule has 1 aliphatic rings. The fraction of sp³-hybridized carbons (Fsp3) is 0.250. The number of amides is 1. The summed E-state index contributed by atoms with van der Waals surface area (Å²) in [5.41, 5.74) is 4.68. The van der Waals surface area contributed by atoms with Crippen LogP contribution in [-0.2, 0) is 4.74 Å². The summed E-state index contributed by atoms with van der Waals surface area (Å²) in [6.07, 6.45) is -3.01. The average molecular weight is 455 g/mol. The van der Waals surface area contributed by atoms with E-state index in [0.29, 0.717) is 0 Å². The van der Waals surface area contributed by atoms with Gasteiger partial charge in [-0.25, -0.2) is 9.78 Å². The highest BCUT2D eigenvalue weighted by Crippen LogP contribution is 2.44. The Hall–Kier alpha value is -3.13. The molecule has 0 bridgehead atoms. The van der Waals surface area contributed by atoms with Crippen LogP contribution in [0.4, 0.5) is 4.79 Å². The number of pyridine rings is 1. The van der Waals surface area contributed by atoms with Gasteiger partial charge in [0, 0.05) is 12.5 Å². The number of carbonyl (C=O) groups is 1. The third kappa shape index (κ3) is 4.55. The van der Waals surface area contributed by atoms with Crippen molar-refractivity contribution in [2.75, 3.05) is 13.2 Å². The molecule has 2 unspecified atom stereocenters. The molecule has 1 aromatic heterocycles. The van der Waals surface area contributed by atoms with Crippen molar-refractivity contribution >= 4 is 17.7 Å². The second-order valence-corrected chi connectivity index (χ2v) is 7.96. The Labute approximate surface area is 190 Å². The van der Waals surface area contributed by atoms with Crippen LogP contribution < -0.4 is 5.32 Å². The van der Waals surface area contributed by atoms with Gasteiger partial charge in [-0.15, -0.1) is 0 Å². The van der Waals surface area contributed by atoms with Gasteiger partial charge in [-0.05, 0) is 40.8 Å². The first-order valence-electron chi connectivity index (χ1n) is 10.3. The number of ether oxygens (including phenoxy) is 1. The monoisotopic (exact) mass is 454 g/mol. The smallest absolute Gasteiger partial charge is 0.407 e. The molecule has 0 aliphatic heterocycles. The molecule has 166 valence electrons. The largest absolute Gasteiger partial charge is 0.505 e. The second kappa shape index (κ2) is 9.56. The average Bonchev–Trinajstić information content (AvgIpc) is 3.12. The number of nitrogens with zero attached hydrogens (tertiary/aromatic N) is 1. The van der Waals surface area contributed by atoms with Gasteiger partial charge >= 0.3 is 6.09 Å². The molecule has 0 radical (unpaired) electrons. The first kappa shape index (κ1) is 22.1. The van der Waals surface area contributed by atoms with Crippen molar-refractivity contribution in [2.45, 2.75) is 24.5 Å². The Bertz CT molecular complexity index is 1080. The van der Waals surface area contributed by atoms with Crippen molar-refractivity contribution in [3.8, 4) is 16.9 Å². The number of alkyl carbamates (subject to hydrolysis) is 1. The van der Waals surface area contributed by atoms with Crippen LogP contribution in [0.5, 0.6) is 5.75 Å². The van der Waals surface area contributed by atoms with Crippen molar-refractivity contribution in [3.63, 3.8) is 0 Å². The topological polar surface area (TPSA) is 112 Å². The molecule has 4 rings (SSSR count). The van der Waals surface area contributed by atoms with Gasteiger partial charge in [-0.3, -0.25) is 0 Å². The van der Waals surface area contributed by atoms with E-state index in [0.717, 1.165) is 22.3 Å². The van der Waals surface area contributed by atoms with Gasteiger partial charge in [-0.2, -0.15) is 0 Å². The van der Waals surface area contributed by atoms with Crippen molar-refractivity contribution < 1.29 is 24.9 Å². The highest BCUT2D eigenvalue weighted by Gasteiger charge is 2.29. The van der Waals surface area contributed by atoms with Crippen LogP contribution in [0.15, 0.2) is 60.7 Å². The van der Waals surface area contributed by atoms with Gasteiger partial charge in [0.2, 0.25) is 0 Å². The molecule has 8 heteroatoms. The van der Waals surface area contributed by atoms with E-state index >= 15 is 0 Å². The van der Waals surface area contributed by atoms with Crippen molar-refractivity contribution in [1.82, 2.24) is 10.3 Å². The number of rotatable bonds is 7. The van der Waals surface area contributed by atoms with Crippen LogP contribution in [0.2, 0.25) is 5.15 Å². The maximum absolute atomic E-state index is 12.2. The standard InChI is InChI=1S/C24H23ClN2O5/c25-23-21(29)10-9-19(27-23)22(30)20(28)11-12-26-24(31)32-13-18-16-7-3-1-5-14(16)15-6-2-4-8-17(15)18/h1-10,18,20,22,28-30H,11-13H2,(H,26,31). The lowest BCUT2D eigenvalue weighted by atomic mass is 9.98. The maximum Gasteiger partial charge on any atom is 0.407 e. The number of aliphatic hydroxyl groups is 2. The van der Waals surface area contributed by atoms with Crippen molar-refractivity contribution in [1.29, 1.82) is 0 Å². The van der Waals surface area contributed by atoms with Gasteiger partial charge in [-0.1, -0.05) is 60.1 Å². The van der Waals surface area contributed by atoms with Gasteiger partial charge in [0.05, 0.1) is 11.8 Å². The molecule has 3 aromatic rings. The van der Waals surface area contributed by atoms with Crippen LogP contribution in [0.1, 0.15) is 35.3 Å². The van der Waals surface area contributed by atoms with Gasteiger partial charge in [0.15, 0.2) is 10.9 Å². The predicted octanol–water partition coefficient (Wildman–Crippen LogP) is 3.76. The van der Waals surface area contributed by atoms with Crippen LogP contribution in [0.3, 0.4) is 0 Å². The molecule has 1 aliphatic carbocycles. The van der Waals surface area contributed by atoms with Crippen molar-refractivity contribution in [3.05, 3.63) is 82.6 Å². The number of hydrogen-bond acceptors (Lipinski definition) is 6. The summed E-state index contributed by atoms with van der Waals surface area (Å²) in [7, 11) is 0. The van der Waals surface area contributed by atoms with Crippen LogP contribution >= 0.6 is 11.6 Å². The van der Waals surface area contributed by atoms with Gasteiger partial charge in [0.1, 0.15) is 12.7 Å². The van der Waals surface area contributed by atoms with Crippen LogP contribution in [0, 0.1) is 0 Å². The Morgan fingerprint density at radius 1 is 1.03 bits per heavy atom. The Kier molecular flexibility index (Phi) is 6.60. The molecule has 7 nitrogen and oxygen atoms in total. The van der Waals surface area contributed by atoms with E-state index in [9.17, 15) is 20.1 Å². The Balaban J connectivity index is 1.28. The van der Waals surface area contributed by atoms with E-state index in [2.05, 4.69) is 22.4 Å². The van der Waals surface area contributed by atoms with Gasteiger partial charge in [0.25, 0.3) is 0 Å². The summed E-state index contributed by atoms with van der Waals surface area (Å²) >= 11 is 5.73. The molecule has 4 N–H and O–H groups in total. The molecule has 32 heavy (non-hydrogen) atoms. The lowest BCUT2D eigenvalue weighted by Gasteiger charge is -2.18. The second-order valence-electron chi connectivity index (χ2n) is 7.60. The first-order valence-corrected chi connectivity index (χ1v) is 10.6. The Morgan fingerprint density at radius 2 is 1.66 bits per heavy atom. The zero-order chi connectivity index (χ0) is 22.7. The summed E-state index contributed by atoms with van der Waals surface area (Å²) < 4.78 is 5.44. The molecule has 0 fully saturated rings. The molecule has 0 saturated carbocycles. The third-order valence-electron chi connectivity index (χ3n) is 5.57. The lowest BCUT2D eigenvalue weighted by molar-refractivity contribution is 0.0111. The summed E-state index contributed by atoms with van der Waals surface area (Å²) in [6.45, 7) is 0.293. The van der Waals surface area contributed by atoms with Gasteiger partial charge < -0.3 is 25.4 Å². The molecular formula is C24H23ClN2O5. The third-order valence-corrected chi connectivity index (χ3v) is 5.85. The summed E-state index contributed by atoms with van der Waals surface area (Å²) in [5, 5.41) is 32.2. The number of nitrogens with one attached hydrogen (secondary N) is 1. The highest BCUT2D eigenvalue weighted by atomic mass is 35.5. The van der Waals surface area contributed by atoms with E-state index in [1.165, 1.54) is 12.1 Å². The van der Waals surface area contributed by atoms with E-state index < -0.39 is 18.3 Å². The fourth-order valence-corrected chi connectivity index (χ4v) is 4.09. The lowest BCUT2D eigenvalue weighted by Crippen LogP contribution is -2.30. The highest BCUT2D eigenvalue weighted by molar-refractivity contribution is 6.30. The molecule has 1 heterocycles. The van der Waals surface area contributed by atoms with Crippen LogP contribution in [-0.4, -0.2) is 45.7 Å². The number of hydrogen-bond donors (Lipinski definition) is 4. The number of aromatic hydroxyl groups is 1. The van der Waals surface area contributed by atoms with Crippen LogP contribution in [0.25, 0.3) is 11.1 Å². The van der Waals surface area contributed by atoms with E-state index in [1.54, 1.807) is 0 Å². The molecule has 1 amide bonds. The number of aromatic nitrogens is 1. The minimum atomic E-state index is -1.31. The molecule has 2 aromatic carbocycles. The zero-order valence-electron chi connectivity index (χ0n) is 17.1. The number of halogens is 1. The molecule has 0 spiro atoms. The first-order chi connectivity index (χ1) is 15.5. The van der Waals surface area contributed by atoms with E-state index in [4.69, 9.17) is 16.3 Å². The van der Waals surface area contributed by atoms with E-state index in [1.807, 2.05) is 36.4 Å². The van der Waals surface area contributed by atoms with E-state index in [-0.39, 0.29) is 42.1 Å². The predicted molar refractivity (Wildman–Crippen MR) is 120 cm³/mol. The number of fused-ring (bicyclic) bond motifs is 3. The minimum absolute atomic E-state index is 0.0362. The SMILES string of the molecule is O=C(NCCC(O)C(O)c1ccc(O)c(Cl)n1)OCC1c2ccccc2-c2ccccc21. The fourth-order valence-electron chi connectivity index (χ4n) is 3.93. The normalized spacial score (nSPS) is 14.3. The molecule has 2 atom stereocenters.